The van der Waals surface area contributed by atoms with Crippen molar-refractivity contribution in [3.05, 3.63) is 29.6 Å². The topological polar surface area (TPSA) is 55.1 Å². The number of nitrogens with one attached hydrogen (secondary N) is 1. The Kier molecular flexibility index (Phi) is 4.13. The minimum absolute atomic E-state index is 0.0358. The normalized spacial score (nSPS) is 28.7. The van der Waals surface area contributed by atoms with Gasteiger partial charge in [-0.15, -0.1) is 0 Å². The van der Waals surface area contributed by atoms with E-state index in [4.69, 9.17) is 5.73 Å². The number of primary amides is 1. The number of anilines is 1. The molecule has 0 heterocycles. The second-order valence-corrected chi connectivity index (χ2v) is 6.52. The molecular weight excluding hydrogens is 267 g/mol. The zero-order valence-corrected chi connectivity index (χ0v) is 12.3. The van der Waals surface area contributed by atoms with Crippen molar-refractivity contribution in [3.8, 4) is 0 Å². The third-order valence-corrected chi connectivity index (χ3v) is 5.14. The van der Waals surface area contributed by atoms with Crippen LogP contribution in [0.5, 0.6) is 0 Å². The maximum Gasteiger partial charge on any atom is 0.251 e. The highest BCUT2D eigenvalue weighted by molar-refractivity contribution is 5.94. The lowest BCUT2D eigenvalue weighted by Gasteiger charge is -2.39. The highest BCUT2D eigenvalue weighted by Crippen LogP contribution is 2.41. The van der Waals surface area contributed by atoms with E-state index < -0.39 is 11.7 Å². The van der Waals surface area contributed by atoms with Gasteiger partial charge in [0, 0.05) is 11.7 Å². The molecular formula is C17H23FN2O. The number of fused-ring (bicyclic) bond motifs is 1. The first kappa shape index (κ1) is 14.4. The Labute approximate surface area is 125 Å². The second-order valence-electron chi connectivity index (χ2n) is 6.52. The molecule has 3 N–H and O–H groups in total. The Morgan fingerprint density at radius 3 is 2.67 bits per heavy atom. The summed E-state index contributed by atoms with van der Waals surface area (Å²) in [5.41, 5.74) is 5.96. The van der Waals surface area contributed by atoms with Crippen molar-refractivity contribution < 1.29 is 9.18 Å². The molecule has 0 saturated heterocycles. The van der Waals surface area contributed by atoms with E-state index in [1.165, 1.54) is 50.7 Å². The molecule has 0 aromatic heterocycles. The lowest BCUT2D eigenvalue weighted by molar-refractivity contribution is 0.0996. The van der Waals surface area contributed by atoms with Crippen molar-refractivity contribution >= 4 is 11.6 Å². The molecule has 0 spiro atoms. The van der Waals surface area contributed by atoms with Crippen LogP contribution < -0.4 is 11.1 Å². The van der Waals surface area contributed by atoms with Crippen LogP contribution in [0, 0.1) is 17.7 Å². The lowest BCUT2D eigenvalue weighted by atomic mass is 9.69. The van der Waals surface area contributed by atoms with Crippen molar-refractivity contribution in [3.63, 3.8) is 0 Å². The smallest absolute Gasteiger partial charge is 0.251 e. The molecule has 0 radical (unpaired) electrons. The summed E-state index contributed by atoms with van der Waals surface area (Å²) in [6, 6.07) is 4.96. The molecule has 21 heavy (non-hydrogen) atoms. The largest absolute Gasteiger partial charge is 0.382 e. The molecule has 1 amide bonds. The van der Waals surface area contributed by atoms with Crippen LogP contribution >= 0.6 is 0 Å². The number of halogens is 1. The van der Waals surface area contributed by atoms with Crippen LogP contribution in [-0.4, -0.2) is 11.9 Å². The van der Waals surface area contributed by atoms with Gasteiger partial charge in [0.2, 0.25) is 0 Å². The minimum Gasteiger partial charge on any atom is -0.382 e. The van der Waals surface area contributed by atoms with Crippen LogP contribution in [0.25, 0.3) is 0 Å². The quantitative estimate of drug-likeness (QED) is 0.892. The van der Waals surface area contributed by atoms with Gasteiger partial charge in [0.05, 0.1) is 5.56 Å². The fourth-order valence-corrected chi connectivity index (χ4v) is 4.04. The van der Waals surface area contributed by atoms with Gasteiger partial charge in [-0.3, -0.25) is 4.79 Å². The fourth-order valence-electron chi connectivity index (χ4n) is 4.04. The summed E-state index contributed by atoms with van der Waals surface area (Å²) in [5, 5.41) is 3.46. The Hall–Kier alpha value is -1.58. The molecule has 1 aromatic carbocycles. The molecule has 1 aromatic rings. The number of carbonyl (C=O) groups excluding carboxylic acids is 1. The SMILES string of the molecule is NC(=O)c1cc(NC2CCC3CCCCC3C2)ccc1F. The molecule has 2 aliphatic rings. The predicted molar refractivity (Wildman–Crippen MR) is 81.6 cm³/mol. The summed E-state index contributed by atoms with van der Waals surface area (Å²) in [5.74, 6) is 0.475. The molecule has 0 bridgehead atoms. The molecule has 3 nitrogen and oxygen atoms in total. The molecule has 3 atom stereocenters. The van der Waals surface area contributed by atoms with Gasteiger partial charge >= 0.3 is 0 Å². The number of hydrogen-bond donors (Lipinski definition) is 2. The van der Waals surface area contributed by atoms with Crippen LogP contribution in [-0.2, 0) is 0 Å². The molecule has 4 heteroatoms. The molecule has 2 aliphatic carbocycles. The van der Waals surface area contributed by atoms with Gasteiger partial charge in [0.1, 0.15) is 5.82 Å². The zero-order valence-electron chi connectivity index (χ0n) is 12.3. The van der Waals surface area contributed by atoms with Crippen molar-refractivity contribution in [2.45, 2.75) is 51.0 Å². The van der Waals surface area contributed by atoms with Gasteiger partial charge in [-0.1, -0.05) is 25.7 Å². The Bertz CT molecular complexity index is 532. The Balaban J connectivity index is 1.66. The average Bonchev–Trinajstić information content (AvgIpc) is 2.49. The maximum atomic E-state index is 13.5. The van der Waals surface area contributed by atoms with Gasteiger partial charge < -0.3 is 11.1 Å². The third-order valence-electron chi connectivity index (χ3n) is 5.14. The van der Waals surface area contributed by atoms with E-state index in [1.807, 2.05) is 0 Å². The molecule has 0 aliphatic heterocycles. The van der Waals surface area contributed by atoms with Crippen LogP contribution in [0.15, 0.2) is 18.2 Å². The number of carbonyl (C=O) groups is 1. The van der Waals surface area contributed by atoms with E-state index in [1.54, 1.807) is 6.07 Å². The zero-order chi connectivity index (χ0) is 14.8. The van der Waals surface area contributed by atoms with Crippen molar-refractivity contribution in [1.29, 1.82) is 0 Å². The first-order valence-corrected chi connectivity index (χ1v) is 7.99. The van der Waals surface area contributed by atoms with E-state index in [0.717, 1.165) is 23.9 Å². The number of benzene rings is 1. The maximum absolute atomic E-state index is 13.5. The van der Waals surface area contributed by atoms with E-state index in [2.05, 4.69) is 5.32 Å². The van der Waals surface area contributed by atoms with Crippen LogP contribution in [0.2, 0.25) is 0 Å². The van der Waals surface area contributed by atoms with Crippen LogP contribution in [0.1, 0.15) is 55.3 Å². The van der Waals surface area contributed by atoms with E-state index in [9.17, 15) is 9.18 Å². The molecule has 3 unspecified atom stereocenters. The fraction of sp³-hybridized carbons (Fsp3) is 0.588. The highest BCUT2D eigenvalue weighted by atomic mass is 19.1. The lowest BCUT2D eigenvalue weighted by Crippen LogP contribution is -2.34. The van der Waals surface area contributed by atoms with Crippen LogP contribution in [0.3, 0.4) is 0 Å². The van der Waals surface area contributed by atoms with Gasteiger partial charge in [0.25, 0.3) is 5.91 Å². The van der Waals surface area contributed by atoms with Gasteiger partial charge in [-0.05, 0) is 49.3 Å². The number of amides is 1. The van der Waals surface area contributed by atoms with Crippen molar-refractivity contribution in [2.24, 2.45) is 17.6 Å². The number of nitrogens with two attached hydrogens (primary N) is 1. The molecule has 2 fully saturated rings. The third kappa shape index (κ3) is 3.20. The molecule has 2 saturated carbocycles. The first-order valence-electron chi connectivity index (χ1n) is 7.99. The van der Waals surface area contributed by atoms with Gasteiger partial charge in [0.15, 0.2) is 0 Å². The molecule has 114 valence electrons. The number of hydrogen-bond acceptors (Lipinski definition) is 2. The predicted octanol–water partition coefficient (Wildman–Crippen LogP) is 3.70. The Morgan fingerprint density at radius 1 is 1.14 bits per heavy atom. The van der Waals surface area contributed by atoms with E-state index >= 15 is 0 Å². The monoisotopic (exact) mass is 290 g/mol. The van der Waals surface area contributed by atoms with Crippen LogP contribution in [0.4, 0.5) is 10.1 Å². The van der Waals surface area contributed by atoms with Crippen molar-refractivity contribution in [2.75, 3.05) is 5.32 Å². The molecule has 3 rings (SSSR count). The highest BCUT2D eigenvalue weighted by Gasteiger charge is 2.32. The first-order chi connectivity index (χ1) is 10.1. The number of rotatable bonds is 3. The van der Waals surface area contributed by atoms with Crippen molar-refractivity contribution in [1.82, 2.24) is 0 Å². The second kappa shape index (κ2) is 6.04. The summed E-state index contributed by atoms with van der Waals surface area (Å²) in [4.78, 5) is 11.2. The summed E-state index contributed by atoms with van der Waals surface area (Å²) < 4.78 is 13.5. The summed E-state index contributed by atoms with van der Waals surface area (Å²) in [6.07, 6.45) is 9.11. The summed E-state index contributed by atoms with van der Waals surface area (Å²) in [7, 11) is 0. The summed E-state index contributed by atoms with van der Waals surface area (Å²) >= 11 is 0. The minimum atomic E-state index is -0.716. The van der Waals surface area contributed by atoms with Gasteiger partial charge in [-0.2, -0.15) is 0 Å². The summed E-state index contributed by atoms with van der Waals surface area (Å²) in [6.45, 7) is 0. The standard InChI is InChI=1S/C17H23FN2O/c18-16-8-7-14(10-15(16)17(19)21)20-13-6-5-11-3-1-2-4-12(11)9-13/h7-8,10-13,20H,1-6,9H2,(H2,19,21). The average molecular weight is 290 g/mol. The van der Waals surface area contributed by atoms with E-state index in [-0.39, 0.29) is 5.56 Å². The Morgan fingerprint density at radius 2 is 1.90 bits per heavy atom. The van der Waals surface area contributed by atoms with E-state index in [0.29, 0.717) is 6.04 Å². The van der Waals surface area contributed by atoms with Gasteiger partial charge in [-0.25, -0.2) is 4.39 Å².